The highest BCUT2D eigenvalue weighted by Crippen LogP contribution is 2.11. The van der Waals surface area contributed by atoms with Crippen molar-refractivity contribution in [3.05, 3.63) is 47.8 Å². The minimum absolute atomic E-state index is 0.204. The lowest BCUT2D eigenvalue weighted by molar-refractivity contribution is 0.582. The predicted octanol–water partition coefficient (Wildman–Crippen LogP) is 1.97. The monoisotopic (exact) mass is 248 g/mol. The number of benzene rings is 1. The maximum atomic E-state index is 13.7. The second kappa shape index (κ2) is 6.26. The van der Waals surface area contributed by atoms with Crippen LogP contribution in [0.15, 0.2) is 30.9 Å². The highest BCUT2D eigenvalue weighted by atomic mass is 19.1. The number of halogens is 1. The van der Waals surface area contributed by atoms with Crippen molar-refractivity contribution in [2.45, 2.75) is 26.4 Å². The molecule has 1 N–H and O–H groups in total. The molecule has 0 aliphatic carbocycles. The lowest BCUT2D eigenvalue weighted by Crippen LogP contribution is -2.14. The zero-order valence-corrected chi connectivity index (χ0v) is 10.4. The van der Waals surface area contributed by atoms with Crippen LogP contribution in [-0.4, -0.2) is 21.3 Å². The largest absolute Gasteiger partial charge is 0.313 e. The van der Waals surface area contributed by atoms with E-state index >= 15 is 0 Å². The predicted molar refractivity (Wildman–Crippen MR) is 67.5 cm³/mol. The Morgan fingerprint density at radius 2 is 2.28 bits per heavy atom. The third-order valence-electron chi connectivity index (χ3n) is 2.66. The first-order chi connectivity index (χ1) is 8.79. The minimum Gasteiger partial charge on any atom is -0.313 e. The van der Waals surface area contributed by atoms with Gasteiger partial charge >= 0.3 is 0 Å². The van der Waals surface area contributed by atoms with Crippen LogP contribution in [-0.2, 0) is 13.1 Å². The highest BCUT2D eigenvalue weighted by molar-refractivity contribution is 5.25. The van der Waals surface area contributed by atoms with E-state index in [4.69, 9.17) is 0 Å². The lowest BCUT2D eigenvalue weighted by atomic mass is 10.1. The molecule has 2 rings (SSSR count). The number of aromatic nitrogens is 3. The first-order valence-corrected chi connectivity index (χ1v) is 6.10. The van der Waals surface area contributed by atoms with Gasteiger partial charge in [0.15, 0.2) is 0 Å². The molecule has 5 heteroatoms. The van der Waals surface area contributed by atoms with E-state index in [-0.39, 0.29) is 5.82 Å². The van der Waals surface area contributed by atoms with E-state index in [1.165, 1.54) is 12.4 Å². The summed E-state index contributed by atoms with van der Waals surface area (Å²) in [7, 11) is 0. The number of hydrogen-bond acceptors (Lipinski definition) is 3. The molecule has 0 saturated heterocycles. The topological polar surface area (TPSA) is 42.7 Å². The van der Waals surface area contributed by atoms with Gasteiger partial charge in [0, 0.05) is 12.1 Å². The second-order valence-corrected chi connectivity index (χ2v) is 4.20. The summed E-state index contributed by atoms with van der Waals surface area (Å²) in [4.78, 5) is 3.85. The van der Waals surface area contributed by atoms with Crippen molar-refractivity contribution in [1.82, 2.24) is 20.1 Å². The van der Waals surface area contributed by atoms with Crippen LogP contribution >= 0.6 is 0 Å². The third-order valence-corrected chi connectivity index (χ3v) is 2.66. The molecule has 0 bridgehead atoms. The Labute approximate surface area is 106 Å². The Kier molecular flexibility index (Phi) is 4.41. The van der Waals surface area contributed by atoms with Gasteiger partial charge in [0.2, 0.25) is 0 Å². The Morgan fingerprint density at radius 3 is 3.00 bits per heavy atom. The smallest absolute Gasteiger partial charge is 0.137 e. The van der Waals surface area contributed by atoms with Crippen molar-refractivity contribution >= 4 is 0 Å². The molecule has 1 heterocycles. The average Bonchev–Trinajstić information content (AvgIpc) is 2.86. The van der Waals surface area contributed by atoms with Crippen molar-refractivity contribution in [2.24, 2.45) is 0 Å². The van der Waals surface area contributed by atoms with E-state index in [0.717, 1.165) is 25.1 Å². The second-order valence-electron chi connectivity index (χ2n) is 4.20. The van der Waals surface area contributed by atoms with Gasteiger partial charge < -0.3 is 5.32 Å². The SMILES string of the molecule is CCCNCc1ccc(F)c(Cn2cncn2)c1. The Bertz CT molecular complexity index is 482. The van der Waals surface area contributed by atoms with Crippen LogP contribution < -0.4 is 5.32 Å². The van der Waals surface area contributed by atoms with E-state index in [1.54, 1.807) is 11.0 Å². The quantitative estimate of drug-likeness (QED) is 0.795. The third kappa shape index (κ3) is 3.37. The van der Waals surface area contributed by atoms with Gasteiger partial charge in [0.1, 0.15) is 18.5 Å². The number of hydrogen-bond donors (Lipinski definition) is 1. The zero-order chi connectivity index (χ0) is 12.8. The van der Waals surface area contributed by atoms with E-state index < -0.39 is 0 Å². The van der Waals surface area contributed by atoms with E-state index in [0.29, 0.717) is 12.1 Å². The maximum absolute atomic E-state index is 13.7. The molecular formula is C13H17FN4. The van der Waals surface area contributed by atoms with E-state index in [1.807, 2.05) is 12.1 Å². The molecule has 0 spiro atoms. The van der Waals surface area contributed by atoms with Crippen LogP contribution in [0.3, 0.4) is 0 Å². The van der Waals surface area contributed by atoms with Crippen LogP contribution in [0.25, 0.3) is 0 Å². The normalized spacial score (nSPS) is 10.8. The molecular weight excluding hydrogens is 231 g/mol. The summed E-state index contributed by atoms with van der Waals surface area (Å²) < 4.78 is 15.3. The molecule has 96 valence electrons. The summed E-state index contributed by atoms with van der Waals surface area (Å²) in [6.45, 7) is 4.26. The first-order valence-electron chi connectivity index (χ1n) is 6.10. The van der Waals surface area contributed by atoms with Crippen LogP contribution in [0.2, 0.25) is 0 Å². The van der Waals surface area contributed by atoms with Crippen LogP contribution in [0.5, 0.6) is 0 Å². The van der Waals surface area contributed by atoms with Crippen molar-refractivity contribution in [1.29, 1.82) is 0 Å². The Hall–Kier alpha value is -1.75. The van der Waals surface area contributed by atoms with Crippen molar-refractivity contribution in [3.8, 4) is 0 Å². The average molecular weight is 248 g/mol. The molecule has 0 radical (unpaired) electrons. The molecule has 18 heavy (non-hydrogen) atoms. The van der Waals surface area contributed by atoms with Crippen LogP contribution in [0, 0.1) is 5.82 Å². The van der Waals surface area contributed by atoms with Crippen LogP contribution in [0.1, 0.15) is 24.5 Å². The summed E-state index contributed by atoms with van der Waals surface area (Å²) in [6, 6.07) is 5.19. The Balaban J connectivity index is 2.06. The van der Waals surface area contributed by atoms with Crippen molar-refractivity contribution in [3.63, 3.8) is 0 Å². The molecule has 1 aromatic heterocycles. The summed E-state index contributed by atoms with van der Waals surface area (Å²) >= 11 is 0. The lowest BCUT2D eigenvalue weighted by Gasteiger charge is -2.07. The maximum Gasteiger partial charge on any atom is 0.137 e. The molecule has 4 nitrogen and oxygen atoms in total. The van der Waals surface area contributed by atoms with E-state index in [2.05, 4.69) is 22.3 Å². The van der Waals surface area contributed by atoms with E-state index in [9.17, 15) is 4.39 Å². The Morgan fingerprint density at radius 1 is 1.39 bits per heavy atom. The summed E-state index contributed by atoms with van der Waals surface area (Å²) in [5, 5.41) is 7.28. The molecule has 0 aliphatic rings. The van der Waals surface area contributed by atoms with Crippen molar-refractivity contribution < 1.29 is 4.39 Å². The molecule has 0 fully saturated rings. The fourth-order valence-corrected chi connectivity index (χ4v) is 1.76. The molecule has 1 aromatic carbocycles. The molecule has 0 amide bonds. The van der Waals surface area contributed by atoms with Gasteiger partial charge in [-0.05, 0) is 30.7 Å². The zero-order valence-electron chi connectivity index (χ0n) is 10.4. The van der Waals surface area contributed by atoms with Gasteiger partial charge in [-0.1, -0.05) is 13.0 Å². The highest BCUT2D eigenvalue weighted by Gasteiger charge is 2.05. The summed E-state index contributed by atoms with van der Waals surface area (Å²) in [6.07, 6.45) is 4.12. The standard InChI is InChI=1S/C13H17FN4/c1-2-5-15-7-11-3-4-13(14)12(6-11)8-18-10-16-9-17-18/h3-4,6,9-10,15H,2,5,7-8H2,1H3. The van der Waals surface area contributed by atoms with Gasteiger partial charge in [0.25, 0.3) is 0 Å². The molecule has 0 atom stereocenters. The summed E-state index contributed by atoms with van der Waals surface area (Å²) in [5.74, 6) is -0.204. The molecule has 2 aromatic rings. The van der Waals surface area contributed by atoms with Gasteiger partial charge in [-0.15, -0.1) is 0 Å². The number of nitrogens with zero attached hydrogens (tertiary/aromatic N) is 3. The number of nitrogens with one attached hydrogen (secondary N) is 1. The molecule has 0 aliphatic heterocycles. The van der Waals surface area contributed by atoms with Crippen molar-refractivity contribution in [2.75, 3.05) is 6.54 Å². The first kappa shape index (κ1) is 12.7. The van der Waals surface area contributed by atoms with Crippen LogP contribution in [0.4, 0.5) is 4.39 Å². The van der Waals surface area contributed by atoms with Gasteiger partial charge in [-0.2, -0.15) is 5.10 Å². The molecule has 0 unspecified atom stereocenters. The molecule has 0 saturated carbocycles. The fraction of sp³-hybridized carbons (Fsp3) is 0.385. The minimum atomic E-state index is -0.204. The van der Waals surface area contributed by atoms with Gasteiger partial charge in [-0.3, -0.25) is 0 Å². The fourth-order valence-electron chi connectivity index (χ4n) is 1.76. The van der Waals surface area contributed by atoms with Gasteiger partial charge in [0.05, 0.1) is 6.54 Å². The summed E-state index contributed by atoms with van der Waals surface area (Å²) in [5.41, 5.74) is 1.72. The van der Waals surface area contributed by atoms with Gasteiger partial charge in [-0.25, -0.2) is 14.1 Å². The number of rotatable bonds is 6.